The van der Waals surface area contributed by atoms with Crippen LogP contribution in [-0.2, 0) is 4.79 Å². The molecule has 5 nitrogen and oxygen atoms in total. The molecule has 0 radical (unpaired) electrons. The Morgan fingerprint density at radius 3 is 2.43 bits per heavy atom. The Morgan fingerprint density at radius 2 is 1.89 bits per heavy atom. The van der Waals surface area contributed by atoms with Gasteiger partial charge in [-0.3, -0.25) is 0 Å². The van der Waals surface area contributed by atoms with Gasteiger partial charge in [-0.05, 0) is 54.8 Å². The number of nitrogens with zero attached hydrogens (tertiary/aromatic N) is 2. The molecule has 1 aromatic heterocycles. The number of ether oxygens (including phenoxy) is 1. The number of aliphatic carboxylic acids is 1. The summed E-state index contributed by atoms with van der Waals surface area (Å²) in [5, 5.41) is 18.9. The van der Waals surface area contributed by atoms with Crippen LogP contribution in [0.25, 0.3) is 22.4 Å². The van der Waals surface area contributed by atoms with E-state index < -0.39 is 12.0 Å². The summed E-state index contributed by atoms with van der Waals surface area (Å²) in [6.07, 6.45) is 2.29. The monoisotopic (exact) mass is 374 g/mol. The number of rotatable bonds is 6. The first kappa shape index (κ1) is 19.2. The number of carboxylic acid groups (broad SMARTS) is 1. The summed E-state index contributed by atoms with van der Waals surface area (Å²) >= 11 is 0. The van der Waals surface area contributed by atoms with Crippen molar-refractivity contribution in [3.63, 3.8) is 0 Å². The SMILES string of the molecule is CCC(C(=O)O)n1ccc(-c2ccc(OC)cc2)c1-c1ccc(C#N)cc1C. The average Bonchev–Trinajstić information content (AvgIpc) is 3.12. The van der Waals surface area contributed by atoms with Crippen molar-refractivity contribution >= 4 is 5.97 Å². The van der Waals surface area contributed by atoms with E-state index >= 15 is 0 Å². The van der Waals surface area contributed by atoms with Crippen LogP contribution in [0.5, 0.6) is 5.75 Å². The molecule has 5 heteroatoms. The molecule has 142 valence electrons. The van der Waals surface area contributed by atoms with Crippen molar-refractivity contribution in [3.05, 3.63) is 65.9 Å². The van der Waals surface area contributed by atoms with E-state index in [0.717, 1.165) is 33.7 Å². The minimum atomic E-state index is -0.869. The van der Waals surface area contributed by atoms with Gasteiger partial charge >= 0.3 is 5.97 Å². The second-order valence-corrected chi connectivity index (χ2v) is 6.62. The maximum atomic E-state index is 11.8. The third-order valence-corrected chi connectivity index (χ3v) is 4.93. The molecule has 0 aliphatic rings. The lowest BCUT2D eigenvalue weighted by molar-refractivity contribution is -0.140. The van der Waals surface area contributed by atoms with Crippen molar-refractivity contribution in [1.29, 1.82) is 5.26 Å². The van der Waals surface area contributed by atoms with E-state index in [9.17, 15) is 15.2 Å². The number of nitriles is 1. The van der Waals surface area contributed by atoms with Crippen LogP contribution in [0.15, 0.2) is 54.7 Å². The lowest BCUT2D eigenvalue weighted by Crippen LogP contribution is -2.18. The molecule has 1 heterocycles. The quantitative estimate of drug-likeness (QED) is 0.655. The van der Waals surface area contributed by atoms with Crippen LogP contribution in [0.3, 0.4) is 0 Å². The molecule has 0 saturated heterocycles. The molecule has 0 aliphatic heterocycles. The molecular formula is C23H22N2O3. The van der Waals surface area contributed by atoms with Crippen LogP contribution in [0.4, 0.5) is 0 Å². The van der Waals surface area contributed by atoms with E-state index in [1.807, 2.05) is 67.1 Å². The van der Waals surface area contributed by atoms with Crippen molar-refractivity contribution in [2.75, 3.05) is 7.11 Å². The van der Waals surface area contributed by atoms with Gasteiger partial charge in [-0.15, -0.1) is 0 Å². The highest BCUT2D eigenvalue weighted by Crippen LogP contribution is 2.38. The number of carboxylic acids is 1. The van der Waals surface area contributed by atoms with Crippen molar-refractivity contribution in [2.45, 2.75) is 26.3 Å². The first-order valence-corrected chi connectivity index (χ1v) is 9.09. The predicted molar refractivity (Wildman–Crippen MR) is 108 cm³/mol. The molecule has 0 bridgehead atoms. The summed E-state index contributed by atoms with van der Waals surface area (Å²) in [6.45, 7) is 3.80. The fraction of sp³-hybridized carbons (Fsp3) is 0.217. The highest BCUT2D eigenvalue weighted by molar-refractivity contribution is 5.85. The summed E-state index contributed by atoms with van der Waals surface area (Å²) in [7, 11) is 1.62. The van der Waals surface area contributed by atoms with E-state index in [4.69, 9.17) is 4.74 Å². The molecule has 0 fully saturated rings. The summed E-state index contributed by atoms with van der Waals surface area (Å²) < 4.78 is 7.06. The van der Waals surface area contributed by atoms with Crippen molar-refractivity contribution in [3.8, 4) is 34.2 Å². The Hall–Kier alpha value is -3.52. The maximum absolute atomic E-state index is 11.8. The lowest BCUT2D eigenvalue weighted by Gasteiger charge is -2.19. The van der Waals surface area contributed by atoms with Gasteiger partial charge in [0.05, 0.1) is 24.4 Å². The minimum absolute atomic E-state index is 0.467. The number of aryl methyl sites for hydroxylation is 1. The molecule has 1 atom stereocenters. The molecule has 3 rings (SSSR count). The van der Waals surface area contributed by atoms with E-state index in [1.165, 1.54) is 0 Å². The number of carbonyl (C=O) groups is 1. The van der Waals surface area contributed by atoms with Gasteiger partial charge in [0.25, 0.3) is 0 Å². The number of benzene rings is 2. The van der Waals surface area contributed by atoms with Gasteiger partial charge in [0.2, 0.25) is 0 Å². The van der Waals surface area contributed by atoms with Crippen molar-refractivity contribution in [1.82, 2.24) is 4.57 Å². The molecule has 0 amide bonds. The number of hydrogen-bond donors (Lipinski definition) is 1. The number of aromatic nitrogens is 1. The molecule has 0 aliphatic carbocycles. The zero-order chi connectivity index (χ0) is 20.3. The smallest absolute Gasteiger partial charge is 0.326 e. The van der Waals surface area contributed by atoms with E-state index in [1.54, 1.807) is 13.2 Å². The van der Waals surface area contributed by atoms with Gasteiger partial charge < -0.3 is 14.4 Å². The molecule has 2 aromatic carbocycles. The van der Waals surface area contributed by atoms with Gasteiger partial charge in [0.1, 0.15) is 11.8 Å². The fourth-order valence-corrected chi connectivity index (χ4v) is 3.48. The molecule has 0 spiro atoms. The highest BCUT2D eigenvalue weighted by atomic mass is 16.5. The molecule has 3 aromatic rings. The van der Waals surface area contributed by atoms with Crippen LogP contribution in [-0.4, -0.2) is 22.8 Å². The van der Waals surface area contributed by atoms with E-state index in [-0.39, 0.29) is 0 Å². The third-order valence-electron chi connectivity index (χ3n) is 4.93. The molecule has 1 unspecified atom stereocenters. The molecule has 28 heavy (non-hydrogen) atoms. The van der Waals surface area contributed by atoms with Crippen LogP contribution < -0.4 is 4.74 Å². The predicted octanol–water partition coefficient (Wildman–Crippen LogP) is 5.05. The van der Waals surface area contributed by atoms with Crippen LogP contribution in [0, 0.1) is 18.3 Å². The second kappa shape index (κ2) is 8.01. The lowest BCUT2D eigenvalue weighted by atomic mass is 9.96. The molecular weight excluding hydrogens is 352 g/mol. The second-order valence-electron chi connectivity index (χ2n) is 6.62. The minimum Gasteiger partial charge on any atom is -0.497 e. The highest BCUT2D eigenvalue weighted by Gasteiger charge is 2.24. The third kappa shape index (κ3) is 3.49. The van der Waals surface area contributed by atoms with Gasteiger partial charge in [-0.25, -0.2) is 4.79 Å². The maximum Gasteiger partial charge on any atom is 0.326 e. The summed E-state index contributed by atoms with van der Waals surface area (Å²) in [6, 6.07) is 16.6. The van der Waals surface area contributed by atoms with Gasteiger partial charge in [0.15, 0.2) is 0 Å². The Bertz CT molecular complexity index is 1040. The summed E-state index contributed by atoms with van der Waals surface area (Å²) in [4.78, 5) is 11.8. The van der Waals surface area contributed by atoms with Gasteiger partial charge in [-0.2, -0.15) is 5.26 Å². The normalized spacial score (nSPS) is 11.6. The topological polar surface area (TPSA) is 75.2 Å². The Labute approximate surface area is 164 Å². The average molecular weight is 374 g/mol. The largest absolute Gasteiger partial charge is 0.497 e. The zero-order valence-corrected chi connectivity index (χ0v) is 16.1. The Kier molecular flexibility index (Phi) is 5.51. The zero-order valence-electron chi connectivity index (χ0n) is 16.1. The Morgan fingerprint density at radius 1 is 1.18 bits per heavy atom. The van der Waals surface area contributed by atoms with Gasteiger partial charge in [0, 0.05) is 17.3 Å². The van der Waals surface area contributed by atoms with Crippen molar-refractivity contribution < 1.29 is 14.6 Å². The number of methoxy groups -OCH3 is 1. The van der Waals surface area contributed by atoms with Crippen LogP contribution in [0.1, 0.15) is 30.5 Å². The first-order chi connectivity index (χ1) is 13.5. The van der Waals surface area contributed by atoms with Crippen LogP contribution in [0.2, 0.25) is 0 Å². The molecule has 0 saturated carbocycles. The first-order valence-electron chi connectivity index (χ1n) is 9.09. The van der Waals surface area contributed by atoms with E-state index in [2.05, 4.69) is 6.07 Å². The van der Waals surface area contributed by atoms with E-state index in [0.29, 0.717) is 12.0 Å². The molecule has 1 N–H and O–H groups in total. The van der Waals surface area contributed by atoms with Gasteiger partial charge in [-0.1, -0.05) is 25.1 Å². The number of hydrogen-bond acceptors (Lipinski definition) is 3. The standard InChI is InChI=1S/C23H22N2O3/c1-4-21(23(26)27)25-12-11-20(17-6-8-18(28-3)9-7-17)22(25)19-10-5-16(14-24)13-15(19)2/h5-13,21H,4H2,1-3H3,(H,26,27). The fourth-order valence-electron chi connectivity index (χ4n) is 3.48. The Balaban J connectivity index is 2.25. The summed E-state index contributed by atoms with van der Waals surface area (Å²) in [5.74, 6) is -0.108. The summed E-state index contributed by atoms with van der Waals surface area (Å²) in [5.41, 5.74) is 5.16. The van der Waals surface area contributed by atoms with Crippen LogP contribution >= 0.6 is 0 Å². The van der Waals surface area contributed by atoms with Crippen molar-refractivity contribution in [2.24, 2.45) is 0 Å².